The second kappa shape index (κ2) is 9.93. The number of aromatic nitrogens is 1. The van der Waals surface area contributed by atoms with Crippen molar-refractivity contribution in [2.24, 2.45) is 5.92 Å². The van der Waals surface area contributed by atoms with Crippen molar-refractivity contribution in [1.29, 1.82) is 0 Å². The Balaban J connectivity index is 1.97. The number of rotatable bonds is 9. The van der Waals surface area contributed by atoms with Crippen LogP contribution in [0.2, 0.25) is 5.02 Å². The van der Waals surface area contributed by atoms with Crippen molar-refractivity contribution < 1.29 is 9.53 Å². The molecule has 0 aliphatic rings. The summed E-state index contributed by atoms with van der Waals surface area (Å²) in [6, 6.07) is 7.48. The molecule has 0 bridgehead atoms. The predicted molar refractivity (Wildman–Crippen MR) is 108 cm³/mol. The number of carbonyl (C=O) groups excluding carboxylic acids is 1. The molecule has 1 amide bonds. The summed E-state index contributed by atoms with van der Waals surface area (Å²) in [4.78, 5) is 19.1. The average molecular weight is 395 g/mol. The van der Waals surface area contributed by atoms with E-state index in [1.807, 2.05) is 22.4 Å². The minimum Gasteiger partial charge on any atom is -0.486 e. The molecule has 0 N–H and O–H groups in total. The third kappa shape index (κ3) is 6.29. The van der Waals surface area contributed by atoms with E-state index < -0.39 is 0 Å². The van der Waals surface area contributed by atoms with Crippen molar-refractivity contribution in [3.63, 3.8) is 0 Å². The molecule has 6 heteroatoms. The molecule has 1 atom stereocenters. The van der Waals surface area contributed by atoms with Crippen LogP contribution in [0.4, 0.5) is 0 Å². The largest absolute Gasteiger partial charge is 0.486 e. The number of nitrogens with zero attached hydrogens (tertiary/aromatic N) is 2. The molecule has 0 unspecified atom stereocenters. The molecular formula is C20H27ClN2O2S. The monoisotopic (exact) mass is 394 g/mol. The van der Waals surface area contributed by atoms with E-state index in [1.54, 1.807) is 23.5 Å². The summed E-state index contributed by atoms with van der Waals surface area (Å²) in [7, 11) is 0. The Morgan fingerprint density at radius 3 is 2.58 bits per heavy atom. The van der Waals surface area contributed by atoms with Gasteiger partial charge in [0.15, 0.2) is 0 Å². The molecule has 0 fully saturated rings. The number of benzene rings is 1. The van der Waals surface area contributed by atoms with Gasteiger partial charge in [-0.3, -0.25) is 4.79 Å². The summed E-state index contributed by atoms with van der Waals surface area (Å²) in [5, 5.41) is 3.60. The van der Waals surface area contributed by atoms with Crippen molar-refractivity contribution in [2.45, 2.75) is 59.7 Å². The smallest absolute Gasteiger partial charge is 0.223 e. The van der Waals surface area contributed by atoms with Crippen molar-refractivity contribution >= 4 is 28.8 Å². The molecule has 1 heterocycles. The lowest BCUT2D eigenvalue weighted by Gasteiger charge is -2.28. The molecule has 142 valence electrons. The van der Waals surface area contributed by atoms with Crippen LogP contribution in [0.5, 0.6) is 5.75 Å². The van der Waals surface area contributed by atoms with Crippen LogP contribution in [0.15, 0.2) is 29.6 Å². The molecule has 4 nitrogen and oxygen atoms in total. The van der Waals surface area contributed by atoms with Gasteiger partial charge in [0, 0.05) is 22.9 Å². The van der Waals surface area contributed by atoms with Crippen molar-refractivity contribution in [3.05, 3.63) is 45.4 Å². The van der Waals surface area contributed by atoms with Crippen LogP contribution in [-0.2, 0) is 17.9 Å². The molecule has 1 aromatic carbocycles. The lowest BCUT2D eigenvalue weighted by atomic mass is 10.1. The fraction of sp³-hybridized carbons (Fsp3) is 0.500. The maximum absolute atomic E-state index is 12.6. The van der Waals surface area contributed by atoms with Crippen LogP contribution >= 0.6 is 22.9 Å². The van der Waals surface area contributed by atoms with Gasteiger partial charge in [0.1, 0.15) is 17.4 Å². The topological polar surface area (TPSA) is 42.4 Å². The molecule has 26 heavy (non-hydrogen) atoms. The number of carbonyl (C=O) groups is 1. The van der Waals surface area contributed by atoms with Gasteiger partial charge in [-0.05, 0) is 43.5 Å². The van der Waals surface area contributed by atoms with Gasteiger partial charge in [-0.15, -0.1) is 11.3 Å². The first kappa shape index (κ1) is 20.7. The maximum Gasteiger partial charge on any atom is 0.223 e. The van der Waals surface area contributed by atoms with E-state index in [0.717, 1.165) is 22.9 Å². The number of halogens is 1. The third-order valence-corrected chi connectivity index (χ3v) is 5.26. The first-order chi connectivity index (χ1) is 12.4. The summed E-state index contributed by atoms with van der Waals surface area (Å²) < 4.78 is 5.74. The van der Waals surface area contributed by atoms with Crippen LogP contribution in [-0.4, -0.2) is 21.8 Å². The first-order valence-electron chi connectivity index (χ1n) is 9.00. The second-order valence-corrected chi connectivity index (χ2v) is 8.23. The predicted octanol–water partition coefficient (Wildman–Crippen LogP) is 5.55. The zero-order valence-electron chi connectivity index (χ0n) is 15.9. The van der Waals surface area contributed by atoms with E-state index in [4.69, 9.17) is 16.3 Å². The SMILES string of the molecule is CC[C@@H](C)N(Cc1csc(COc2ccc(Cl)cc2)n1)C(=O)CC(C)C. The lowest BCUT2D eigenvalue weighted by molar-refractivity contribution is -0.134. The highest BCUT2D eigenvalue weighted by molar-refractivity contribution is 7.09. The zero-order valence-corrected chi connectivity index (χ0v) is 17.4. The summed E-state index contributed by atoms with van der Waals surface area (Å²) in [5.41, 5.74) is 0.919. The molecule has 0 aliphatic carbocycles. The Bertz CT molecular complexity index is 700. The van der Waals surface area contributed by atoms with E-state index in [2.05, 4.69) is 32.7 Å². The normalized spacial score (nSPS) is 12.2. The Morgan fingerprint density at radius 2 is 1.96 bits per heavy atom. The highest BCUT2D eigenvalue weighted by Gasteiger charge is 2.21. The summed E-state index contributed by atoms with van der Waals surface area (Å²) in [6.45, 7) is 9.30. The van der Waals surface area contributed by atoms with Gasteiger partial charge in [0.2, 0.25) is 5.91 Å². The number of ether oxygens (including phenoxy) is 1. The van der Waals surface area contributed by atoms with Crippen LogP contribution in [0.1, 0.15) is 51.2 Å². The van der Waals surface area contributed by atoms with Crippen molar-refractivity contribution in [1.82, 2.24) is 9.88 Å². The van der Waals surface area contributed by atoms with Crippen molar-refractivity contribution in [2.75, 3.05) is 0 Å². The van der Waals surface area contributed by atoms with E-state index in [9.17, 15) is 4.79 Å². The van der Waals surface area contributed by atoms with Crippen LogP contribution < -0.4 is 4.74 Å². The standard InChI is InChI=1S/C20H27ClN2O2S/c1-5-15(4)23(20(24)10-14(2)3)11-17-13-26-19(22-17)12-25-18-8-6-16(21)7-9-18/h6-9,13-15H,5,10-12H2,1-4H3/t15-/m1/s1. The minimum absolute atomic E-state index is 0.196. The van der Waals surface area contributed by atoms with Crippen LogP contribution in [0.25, 0.3) is 0 Å². The molecular weight excluding hydrogens is 368 g/mol. The van der Waals surface area contributed by atoms with Crippen molar-refractivity contribution in [3.8, 4) is 5.75 Å². The molecule has 0 saturated heterocycles. The molecule has 1 aromatic heterocycles. The Morgan fingerprint density at radius 1 is 1.27 bits per heavy atom. The van der Waals surface area contributed by atoms with E-state index in [1.165, 1.54) is 0 Å². The highest BCUT2D eigenvalue weighted by atomic mass is 35.5. The molecule has 2 rings (SSSR count). The number of amides is 1. The van der Waals surface area contributed by atoms with Gasteiger partial charge in [0.25, 0.3) is 0 Å². The van der Waals surface area contributed by atoms with Crippen LogP contribution in [0.3, 0.4) is 0 Å². The second-order valence-electron chi connectivity index (χ2n) is 6.85. The Kier molecular flexibility index (Phi) is 7.91. The lowest BCUT2D eigenvalue weighted by Crippen LogP contribution is -2.38. The molecule has 0 saturated carbocycles. The minimum atomic E-state index is 0.196. The van der Waals surface area contributed by atoms with E-state index >= 15 is 0 Å². The Labute approximate surface area is 165 Å². The molecule has 0 radical (unpaired) electrons. The maximum atomic E-state index is 12.6. The van der Waals surface area contributed by atoms with E-state index in [-0.39, 0.29) is 11.9 Å². The molecule has 0 spiro atoms. The Hall–Kier alpha value is -1.59. The van der Waals surface area contributed by atoms with Gasteiger partial charge < -0.3 is 9.64 Å². The van der Waals surface area contributed by atoms with Gasteiger partial charge in [0.05, 0.1) is 12.2 Å². The quantitative estimate of drug-likeness (QED) is 0.560. The number of thiazole rings is 1. The average Bonchev–Trinajstić information content (AvgIpc) is 3.05. The van der Waals surface area contributed by atoms with Gasteiger partial charge >= 0.3 is 0 Å². The van der Waals surface area contributed by atoms with Crippen LogP contribution in [0, 0.1) is 5.92 Å². The summed E-state index contributed by atoms with van der Waals surface area (Å²) in [6.07, 6.45) is 1.50. The van der Waals surface area contributed by atoms with E-state index in [0.29, 0.717) is 30.5 Å². The van der Waals surface area contributed by atoms with Gasteiger partial charge in [-0.25, -0.2) is 4.98 Å². The molecule has 2 aromatic rings. The summed E-state index contributed by atoms with van der Waals surface area (Å²) in [5.74, 6) is 1.31. The third-order valence-electron chi connectivity index (χ3n) is 4.13. The molecule has 0 aliphatic heterocycles. The fourth-order valence-corrected chi connectivity index (χ4v) is 3.34. The van der Waals surface area contributed by atoms with Gasteiger partial charge in [-0.1, -0.05) is 32.4 Å². The number of hydrogen-bond donors (Lipinski definition) is 0. The fourth-order valence-electron chi connectivity index (χ4n) is 2.51. The summed E-state index contributed by atoms with van der Waals surface area (Å²) >= 11 is 7.44. The first-order valence-corrected chi connectivity index (χ1v) is 10.3. The highest BCUT2D eigenvalue weighted by Crippen LogP contribution is 2.20. The van der Waals surface area contributed by atoms with Gasteiger partial charge in [-0.2, -0.15) is 0 Å². The zero-order chi connectivity index (χ0) is 19.1. The number of hydrogen-bond acceptors (Lipinski definition) is 4.